The van der Waals surface area contributed by atoms with E-state index in [9.17, 15) is 8.42 Å². The van der Waals surface area contributed by atoms with Crippen molar-refractivity contribution in [3.05, 3.63) is 35.4 Å². The smallest absolute Gasteiger partial charge is 0.215 e. The van der Waals surface area contributed by atoms with Gasteiger partial charge in [0.15, 0.2) is 0 Å². The van der Waals surface area contributed by atoms with Gasteiger partial charge >= 0.3 is 0 Å². The van der Waals surface area contributed by atoms with Crippen LogP contribution in [-0.4, -0.2) is 34.2 Å². The van der Waals surface area contributed by atoms with E-state index >= 15 is 0 Å². The van der Waals surface area contributed by atoms with E-state index in [2.05, 4.69) is 10.0 Å². The van der Waals surface area contributed by atoms with Gasteiger partial charge in [-0.1, -0.05) is 24.3 Å². The molecule has 1 unspecified atom stereocenters. The van der Waals surface area contributed by atoms with Crippen molar-refractivity contribution in [2.75, 3.05) is 13.7 Å². The van der Waals surface area contributed by atoms with Gasteiger partial charge in [0.2, 0.25) is 10.0 Å². The first kappa shape index (κ1) is 16.4. The molecule has 118 valence electrons. The van der Waals surface area contributed by atoms with Crippen LogP contribution in [0, 0.1) is 0 Å². The molecule has 1 atom stereocenters. The van der Waals surface area contributed by atoms with Crippen molar-refractivity contribution < 1.29 is 13.2 Å². The van der Waals surface area contributed by atoms with Crippen molar-refractivity contribution in [1.82, 2.24) is 10.0 Å². The fraction of sp³-hybridized carbons (Fsp3) is 0.600. The lowest BCUT2D eigenvalue weighted by Crippen LogP contribution is -2.32. The Bertz CT molecular complexity index is 556. The van der Waals surface area contributed by atoms with Crippen molar-refractivity contribution in [3.8, 4) is 0 Å². The minimum Gasteiger partial charge on any atom is -0.380 e. The second-order valence-electron chi connectivity index (χ2n) is 5.63. The Morgan fingerprint density at radius 2 is 2.05 bits per heavy atom. The second-order valence-corrected chi connectivity index (χ2v) is 7.44. The maximum absolute atomic E-state index is 12.0. The van der Waals surface area contributed by atoms with E-state index in [1.54, 1.807) is 7.11 Å². The zero-order valence-electron chi connectivity index (χ0n) is 12.6. The fourth-order valence-electron chi connectivity index (χ4n) is 1.98. The molecule has 0 amide bonds. The van der Waals surface area contributed by atoms with Crippen LogP contribution in [0.4, 0.5) is 0 Å². The predicted molar refractivity (Wildman–Crippen MR) is 83.4 cm³/mol. The van der Waals surface area contributed by atoms with Gasteiger partial charge in [-0.15, -0.1) is 0 Å². The van der Waals surface area contributed by atoms with Gasteiger partial charge in [0.05, 0.1) is 11.9 Å². The highest BCUT2D eigenvalue weighted by atomic mass is 32.2. The largest absolute Gasteiger partial charge is 0.380 e. The third kappa shape index (κ3) is 6.13. The molecule has 1 aliphatic rings. The average molecular weight is 312 g/mol. The fourth-order valence-corrected chi connectivity index (χ4v) is 3.19. The Morgan fingerprint density at radius 1 is 1.33 bits per heavy atom. The van der Waals surface area contributed by atoms with Crippen molar-refractivity contribution in [2.45, 2.75) is 44.2 Å². The summed E-state index contributed by atoms with van der Waals surface area (Å²) in [6.45, 7) is 2.92. The van der Waals surface area contributed by atoms with Crippen LogP contribution >= 0.6 is 0 Å². The lowest BCUT2D eigenvalue weighted by molar-refractivity contribution is 0.122. The number of rotatable bonds is 9. The molecule has 2 N–H and O–H groups in total. The molecule has 0 aliphatic heterocycles. The van der Waals surface area contributed by atoms with Crippen molar-refractivity contribution in [1.29, 1.82) is 0 Å². The molecule has 1 fully saturated rings. The van der Waals surface area contributed by atoms with E-state index in [-0.39, 0.29) is 11.9 Å². The predicted octanol–water partition coefficient (Wildman–Crippen LogP) is 1.39. The number of hydrogen-bond acceptors (Lipinski definition) is 4. The summed E-state index contributed by atoms with van der Waals surface area (Å²) < 4.78 is 31.7. The lowest BCUT2D eigenvalue weighted by atomic mass is 10.1. The van der Waals surface area contributed by atoms with E-state index in [1.807, 2.05) is 31.2 Å². The lowest BCUT2D eigenvalue weighted by Gasteiger charge is -2.12. The van der Waals surface area contributed by atoms with Gasteiger partial charge in [0, 0.05) is 26.2 Å². The summed E-state index contributed by atoms with van der Waals surface area (Å²) in [4.78, 5) is 0. The van der Waals surface area contributed by atoms with Gasteiger partial charge < -0.3 is 10.1 Å². The Hall–Kier alpha value is -0.950. The normalized spacial score (nSPS) is 16.9. The topological polar surface area (TPSA) is 67.4 Å². The van der Waals surface area contributed by atoms with Crippen LogP contribution in [0.2, 0.25) is 0 Å². The quantitative estimate of drug-likeness (QED) is 0.723. The van der Waals surface area contributed by atoms with E-state index in [4.69, 9.17) is 4.74 Å². The molecule has 0 radical (unpaired) electrons. The molecule has 0 heterocycles. The third-order valence-electron chi connectivity index (χ3n) is 3.51. The first-order chi connectivity index (χ1) is 9.98. The SMILES string of the molecule is COC(C)CNS(=O)(=O)Cc1cccc(CNC2CC2)c1. The van der Waals surface area contributed by atoms with Gasteiger partial charge in [0.1, 0.15) is 0 Å². The summed E-state index contributed by atoms with van der Waals surface area (Å²) in [7, 11) is -1.76. The van der Waals surface area contributed by atoms with Crippen LogP contribution < -0.4 is 10.0 Å². The maximum atomic E-state index is 12.0. The molecule has 1 saturated carbocycles. The summed E-state index contributed by atoms with van der Waals surface area (Å²) in [6, 6.07) is 8.38. The number of hydrogen-bond donors (Lipinski definition) is 2. The Morgan fingerprint density at radius 3 is 2.71 bits per heavy atom. The van der Waals surface area contributed by atoms with Crippen LogP contribution in [0.25, 0.3) is 0 Å². The maximum Gasteiger partial charge on any atom is 0.215 e. The molecule has 0 saturated heterocycles. The average Bonchev–Trinajstić information content (AvgIpc) is 3.27. The monoisotopic (exact) mass is 312 g/mol. The molecular formula is C15H24N2O3S. The van der Waals surface area contributed by atoms with Gasteiger partial charge in [-0.25, -0.2) is 13.1 Å². The minimum atomic E-state index is -3.33. The number of ether oxygens (including phenoxy) is 1. The molecule has 1 aliphatic carbocycles. The number of methoxy groups -OCH3 is 1. The summed E-state index contributed by atoms with van der Waals surface area (Å²) in [6.07, 6.45) is 2.36. The summed E-state index contributed by atoms with van der Waals surface area (Å²) in [5.41, 5.74) is 1.93. The van der Waals surface area contributed by atoms with Gasteiger partial charge in [-0.05, 0) is 30.9 Å². The van der Waals surface area contributed by atoms with Crippen LogP contribution in [-0.2, 0) is 27.1 Å². The van der Waals surface area contributed by atoms with Crippen LogP contribution in [0.3, 0.4) is 0 Å². The first-order valence-corrected chi connectivity index (χ1v) is 8.95. The molecule has 21 heavy (non-hydrogen) atoms. The molecular weight excluding hydrogens is 288 g/mol. The molecule has 0 spiro atoms. The Labute approximate surface area is 127 Å². The molecule has 6 heteroatoms. The van der Waals surface area contributed by atoms with E-state index in [1.165, 1.54) is 12.8 Å². The number of nitrogens with one attached hydrogen (secondary N) is 2. The summed E-state index contributed by atoms with van der Waals surface area (Å²) in [5, 5.41) is 3.43. The van der Waals surface area contributed by atoms with Crippen molar-refractivity contribution in [3.63, 3.8) is 0 Å². The molecule has 0 bridgehead atoms. The molecule has 0 aromatic heterocycles. The van der Waals surface area contributed by atoms with Gasteiger partial charge in [-0.2, -0.15) is 0 Å². The highest BCUT2D eigenvalue weighted by molar-refractivity contribution is 7.88. The van der Waals surface area contributed by atoms with Crippen molar-refractivity contribution in [2.24, 2.45) is 0 Å². The molecule has 5 nitrogen and oxygen atoms in total. The van der Waals surface area contributed by atoms with Crippen molar-refractivity contribution >= 4 is 10.0 Å². The molecule has 1 aromatic rings. The first-order valence-electron chi connectivity index (χ1n) is 7.30. The minimum absolute atomic E-state index is 0.000697. The van der Waals surface area contributed by atoms with E-state index in [0.29, 0.717) is 12.6 Å². The van der Waals surface area contributed by atoms with Crippen LogP contribution in [0.5, 0.6) is 0 Å². The zero-order valence-corrected chi connectivity index (χ0v) is 13.4. The standard InChI is InChI=1S/C15H24N2O3S/c1-12(20-2)9-17-21(18,19)11-14-5-3-4-13(8-14)10-16-15-6-7-15/h3-5,8,12,15-17H,6-7,9-11H2,1-2H3. The van der Waals surface area contributed by atoms with Crippen LogP contribution in [0.1, 0.15) is 30.9 Å². The van der Waals surface area contributed by atoms with Crippen LogP contribution in [0.15, 0.2) is 24.3 Å². The van der Waals surface area contributed by atoms with E-state index < -0.39 is 10.0 Å². The molecule has 2 rings (SSSR count). The second kappa shape index (κ2) is 7.35. The van der Waals surface area contributed by atoms with Gasteiger partial charge in [0.25, 0.3) is 0 Å². The summed E-state index contributed by atoms with van der Waals surface area (Å²) in [5.74, 6) is 0.000697. The number of benzene rings is 1. The zero-order chi connectivity index (χ0) is 15.3. The Kier molecular flexibility index (Phi) is 5.75. The number of sulfonamides is 1. The summed E-state index contributed by atoms with van der Waals surface area (Å²) >= 11 is 0. The third-order valence-corrected chi connectivity index (χ3v) is 4.83. The highest BCUT2D eigenvalue weighted by Crippen LogP contribution is 2.19. The van der Waals surface area contributed by atoms with E-state index in [0.717, 1.165) is 17.7 Å². The van der Waals surface area contributed by atoms with Gasteiger partial charge in [-0.3, -0.25) is 0 Å². The molecule has 1 aromatic carbocycles. The highest BCUT2D eigenvalue weighted by Gasteiger charge is 2.20. The Balaban J connectivity index is 1.89.